The molecule has 0 aromatic rings. The predicted molar refractivity (Wildman–Crippen MR) is 52.2 cm³/mol. The first-order chi connectivity index (χ1) is 5.74. The molecule has 0 bridgehead atoms. The lowest BCUT2D eigenvalue weighted by Crippen LogP contribution is -2.01. The fourth-order valence-corrected chi connectivity index (χ4v) is 1.80. The molecule has 0 aliphatic rings. The first-order valence-corrected chi connectivity index (χ1v) is 5.76. The summed E-state index contributed by atoms with van der Waals surface area (Å²) in [6.07, 6.45) is 7.73. The summed E-state index contributed by atoms with van der Waals surface area (Å²) < 4.78 is 5.18. The molecule has 0 saturated heterocycles. The van der Waals surface area contributed by atoms with Gasteiger partial charge in [-0.05, 0) is 0 Å². The minimum absolute atomic E-state index is 0.150. The lowest BCUT2D eigenvalue weighted by atomic mass is 10.3. The van der Waals surface area contributed by atoms with E-state index in [1.165, 1.54) is 0 Å². The zero-order valence-corrected chi connectivity index (χ0v) is 8.56. The van der Waals surface area contributed by atoms with E-state index in [1.54, 1.807) is 0 Å². The predicted octanol–water partition coefficient (Wildman–Crippen LogP) is 2.38. The first kappa shape index (κ1) is 11.5. The minimum atomic E-state index is -0.530. The van der Waals surface area contributed by atoms with Gasteiger partial charge in [-0.15, -0.1) is 12.3 Å². The van der Waals surface area contributed by atoms with E-state index in [0.717, 1.165) is 12.3 Å². The summed E-state index contributed by atoms with van der Waals surface area (Å²) in [6.45, 7) is 4.06. The van der Waals surface area contributed by atoms with Gasteiger partial charge < -0.3 is 4.52 Å². The van der Waals surface area contributed by atoms with Gasteiger partial charge in [0.2, 0.25) is 0 Å². The van der Waals surface area contributed by atoms with Crippen molar-refractivity contribution in [3.8, 4) is 12.3 Å². The van der Waals surface area contributed by atoms with Gasteiger partial charge in [0.1, 0.15) is 0 Å². The Bertz CT molecular complexity index is 168. The number of hydrogen-bond acceptors (Lipinski definition) is 2. The molecule has 68 valence electrons. The highest BCUT2D eigenvalue weighted by atomic mass is 31.1. The third-order valence-corrected chi connectivity index (χ3v) is 3.28. The molecule has 0 aromatic carbocycles. The molecule has 0 unspecified atom stereocenters. The van der Waals surface area contributed by atoms with Gasteiger partial charge in [-0.2, -0.15) is 0 Å². The van der Waals surface area contributed by atoms with E-state index in [1.807, 2.05) is 13.8 Å². The van der Waals surface area contributed by atoms with Crippen LogP contribution in [0.5, 0.6) is 0 Å². The number of hydrogen-bond donors (Lipinski definition) is 0. The topological polar surface area (TPSA) is 26.3 Å². The van der Waals surface area contributed by atoms with Gasteiger partial charge in [0.05, 0.1) is 14.6 Å². The minimum Gasteiger partial charge on any atom is -0.445 e. The summed E-state index contributed by atoms with van der Waals surface area (Å²) in [6, 6.07) is 0. The van der Waals surface area contributed by atoms with Gasteiger partial charge in [0.15, 0.2) is 0 Å². The molecule has 2 nitrogen and oxygen atoms in total. The van der Waals surface area contributed by atoms with Crippen molar-refractivity contribution in [2.45, 2.75) is 26.7 Å². The first-order valence-electron chi connectivity index (χ1n) is 4.13. The van der Waals surface area contributed by atoms with Gasteiger partial charge in [-0.1, -0.05) is 13.8 Å². The van der Waals surface area contributed by atoms with Crippen LogP contribution in [0.25, 0.3) is 0 Å². The van der Waals surface area contributed by atoms with Crippen molar-refractivity contribution in [3.63, 3.8) is 0 Å². The van der Waals surface area contributed by atoms with Crippen molar-refractivity contribution in [3.05, 3.63) is 0 Å². The Kier molecular flexibility index (Phi) is 6.81. The second kappa shape index (κ2) is 7.13. The highest BCUT2D eigenvalue weighted by molar-refractivity contribution is 7.52. The van der Waals surface area contributed by atoms with E-state index in [0.29, 0.717) is 12.8 Å². The molecule has 3 heteroatoms. The normalized spacial score (nSPS) is 9.50. The molecule has 0 aromatic heterocycles. The molecular formula is C9H15O2P. The molecule has 0 fully saturated rings. The second-order valence-electron chi connectivity index (χ2n) is 2.28. The van der Waals surface area contributed by atoms with Crippen LogP contribution in [-0.2, 0) is 9.32 Å². The van der Waals surface area contributed by atoms with Crippen LogP contribution in [0.3, 0.4) is 0 Å². The van der Waals surface area contributed by atoms with Crippen LogP contribution in [0.15, 0.2) is 0 Å². The molecule has 0 spiro atoms. The fraction of sp³-hybridized carbons (Fsp3) is 0.667. The largest absolute Gasteiger partial charge is 0.445 e. The maximum atomic E-state index is 11.0. The van der Waals surface area contributed by atoms with E-state index in [4.69, 9.17) is 10.9 Å². The summed E-state index contributed by atoms with van der Waals surface area (Å²) >= 11 is 0. The summed E-state index contributed by atoms with van der Waals surface area (Å²) in [5, 5.41) is 0. The number of terminal acetylenes is 1. The molecule has 0 atom stereocenters. The number of carbonyl (C=O) groups excluding carboxylic acids is 1. The smallest absolute Gasteiger partial charge is 0.309 e. The molecule has 0 aliphatic carbocycles. The van der Waals surface area contributed by atoms with Crippen LogP contribution in [0.2, 0.25) is 0 Å². The number of carbonyl (C=O) groups is 1. The summed E-state index contributed by atoms with van der Waals surface area (Å²) in [7, 11) is -0.530. The highest BCUT2D eigenvalue weighted by Crippen LogP contribution is 2.35. The average molecular weight is 186 g/mol. The van der Waals surface area contributed by atoms with Crippen molar-refractivity contribution in [1.82, 2.24) is 0 Å². The van der Waals surface area contributed by atoms with Gasteiger partial charge in [0, 0.05) is 18.7 Å². The van der Waals surface area contributed by atoms with Crippen molar-refractivity contribution in [1.29, 1.82) is 0 Å². The van der Waals surface area contributed by atoms with Crippen LogP contribution in [0.1, 0.15) is 26.7 Å². The molecule has 0 saturated carbocycles. The van der Waals surface area contributed by atoms with Crippen LogP contribution in [0.4, 0.5) is 0 Å². The van der Waals surface area contributed by atoms with Crippen LogP contribution < -0.4 is 0 Å². The Morgan fingerprint density at radius 1 is 1.50 bits per heavy atom. The summed E-state index contributed by atoms with van der Waals surface area (Å²) in [5.74, 6) is 2.26. The third kappa shape index (κ3) is 5.16. The monoisotopic (exact) mass is 186 g/mol. The molecule has 0 rings (SSSR count). The zero-order chi connectivity index (χ0) is 9.40. The van der Waals surface area contributed by atoms with Gasteiger partial charge in [-0.3, -0.25) is 4.79 Å². The van der Waals surface area contributed by atoms with Crippen LogP contribution >= 0.6 is 8.15 Å². The maximum absolute atomic E-state index is 11.0. The maximum Gasteiger partial charge on any atom is 0.309 e. The molecule has 12 heavy (non-hydrogen) atoms. The molecule has 0 aliphatic heterocycles. The van der Waals surface area contributed by atoms with Crippen LogP contribution in [0, 0.1) is 12.3 Å². The van der Waals surface area contributed by atoms with Crippen LogP contribution in [-0.4, -0.2) is 18.3 Å². The van der Waals surface area contributed by atoms with E-state index >= 15 is 0 Å². The van der Waals surface area contributed by atoms with Gasteiger partial charge >= 0.3 is 5.97 Å². The number of rotatable bonds is 5. The Morgan fingerprint density at radius 3 is 2.50 bits per heavy atom. The quantitative estimate of drug-likeness (QED) is 0.486. The van der Waals surface area contributed by atoms with E-state index in [-0.39, 0.29) is 5.97 Å². The average Bonchev–Trinajstić information content (AvgIpc) is 2.10. The Balaban J connectivity index is 3.60. The highest BCUT2D eigenvalue weighted by Gasteiger charge is 2.09. The second-order valence-corrected chi connectivity index (χ2v) is 4.69. The molecular weight excluding hydrogens is 171 g/mol. The van der Waals surface area contributed by atoms with Crippen molar-refractivity contribution < 1.29 is 9.32 Å². The van der Waals surface area contributed by atoms with E-state index in [2.05, 4.69) is 5.92 Å². The van der Waals surface area contributed by atoms with E-state index < -0.39 is 8.15 Å². The summed E-state index contributed by atoms with van der Waals surface area (Å²) in [4.78, 5) is 11.0. The Hall–Kier alpha value is -0.540. The zero-order valence-electron chi connectivity index (χ0n) is 7.67. The Morgan fingerprint density at radius 2 is 2.08 bits per heavy atom. The van der Waals surface area contributed by atoms with Crippen molar-refractivity contribution >= 4 is 14.1 Å². The molecule has 0 amide bonds. The fourth-order valence-electron chi connectivity index (χ4n) is 0.717. The standard InChI is InChI=1S/C9H15O2P/c1-4-7-8-9(10)11-12(5-2)6-3/h1H,5-8H2,2-3H3. The van der Waals surface area contributed by atoms with Crippen molar-refractivity contribution in [2.75, 3.05) is 12.3 Å². The third-order valence-electron chi connectivity index (χ3n) is 1.41. The Labute approximate surface area is 75.5 Å². The lowest BCUT2D eigenvalue weighted by Gasteiger charge is -2.12. The lowest BCUT2D eigenvalue weighted by molar-refractivity contribution is -0.133. The van der Waals surface area contributed by atoms with E-state index in [9.17, 15) is 4.79 Å². The van der Waals surface area contributed by atoms with Gasteiger partial charge in [-0.25, -0.2) is 0 Å². The van der Waals surface area contributed by atoms with Crippen molar-refractivity contribution in [2.24, 2.45) is 0 Å². The van der Waals surface area contributed by atoms with Gasteiger partial charge in [0.25, 0.3) is 0 Å². The summed E-state index contributed by atoms with van der Waals surface area (Å²) in [5.41, 5.74) is 0. The SMILES string of the molecule is C#CCCC(=O)OP(CC)CC. The molecule has 0 heterocycles. The molecule has 0 N–H and O–H groups in total. The molecule has 0 radical (unpaired) electrons.